The molecule has 2 aliphatic rings. The number of carbonyl (C=O) groups excluding carboxylic acids is 1. The molecule has 2 aliphatic carbocycles. The monoisotopic (exact) mass is 427 g/mol. The van der Waals surface area contributed by atoms with Crippen molar-refractivity contribution in [2.75, 3.05) is 6.61 Å². The predicted octanol–water partition coefficient (Wildman–Crippen LogP) is 5.36. The van der Waals surface area contributed by atoms with Gasteiger partial charge in [0.25, 0.3) is 0 Å². The van der Waals surface area contributed by atoms with E-state index in [1.54, 1.807) is 11.5 Å². The van der Waals surface area contributed by atoms with Crippen molar-refractivity contribution in [3.05, 3.63) is 45.2 Å². The van der Waals surface area contributed by atoms with Crippen molar-refractivity contribution in [3.8, 4) is 11.8 Å². The van der Waals surface area contributed by atoms with Crippen LogP contribution in [0.1, 0.15) is 80.8 Å². The first kappa shape index (κ1) is 21.5. The smallest absolute Gasteiger partial charge is 0.343 e. The highest BCUT2D eigenvalue weighted by Gasteiger charge is 2.30. The average Bonchev–Trinajstić information content (AvgIpc) is 3.49. The summed E-state index contributed by atoms with van der Waals surface area (Å²) < 4.78 is 36.0. The molecular formula is C25H27F2NO3. The summed E-state index contributed by atoms with van der Waals surface area (Å²) in [6.45, 7) is 3.96. The summed E-state index contributed by atoms with van der Waals surface area (Å²) in [6, 6.07) is 0.907. The first-order chi connectivity index (χ1) is 14.9. The Hall–Kier alpha value is -2.68. The molecule has 2 aromatic rings. The molecule has 0 N–H and O–H groups in total. The summed E-state index contributed by atoms with van der Waals surface area (Å²) in [4.78, 5) is 25.2. The zero-order valence-electron chi connectivity index (χ0n) is 18.0. The van der Waals surface area contributed by atoms with Crippen LogP contribution in [0.3, 0.4) is 0 Å². The second-order valence-corrected chi connectivity index (χ2v) is 8.63. The van der Waals surface area contributed by atoms with Crippen LogP contribution in [0.25, 0.3) is 10.9 Å². The zero-order chi connectivity index (χ0) is 22.1. The number of ether oxygens (including phenoxy) is 1. The van der Waals surface area contributed by atoms with Gasteiger partial charge in [0.1, 0.15) is 5.56 Å². The number of fused-ring (bicyclic) bond motifs is 1. The van der Waals surface area contributed by atoms with Gasteiger partial charge in [0.05, 0.1) is 23.1 Å². The summed E-state index contributed by atoms with van der Waals surface area (Å²) in [5, 5.41) is -0.0347. The van der Waals surface area contributed by atoms with Gasteiger partial charge >= 0.3 is 5.97 Å². The van der Waals surface area contributed by atoms with Gasteiger partial charge in [-0.05, 0) is 50.5 Å². The van der Waals surface area contributed by atoms with E-state index >= 15 is 0 Å². The second-order valence-electron chi connectivity index (χ2n) is 8.63. The molecule has 1 aromatic carbocycles. The van der Waals surface area contributed by atoms with Crippen LogP contribution in [0.2, 0.25) is 0 Å². The van der Waals surface area contributed by atoms with Gasteiger partial charge in [-0.3, -0.25) is 4.79 Å². The van der Waals surface area contributed by atoms with Crippen LogP contribution in [0.4, 0.5) is 8.78 Å². The molecule has 1 unspecified atom stereocenters. The maximum Gasteiger partial charge on any atom is 0.343 e. The fourth-order valence-corrected chi connectivity index (χ4v) is 4.59. The number of halogens is 2. The van der Waals surface area contributed by atoms with Gasteiger partial charge in [0.2, 0.25) is 5.43 Å². The molecule has 0 aliphatic heterocycles. The number of nitrogens with zero attached hydrogens (tertiary/aromatic N) is 1. The first-order valence-electron chi connectivity index (χ1n) is 11.2. The highest BCUT2D eigenvalue weighted by molar-refractivity contribution is 5.95. The number of hydrogen-bond acceptors (Lipinski definition) is 3. The van der Waals surface area contributed by atoms with E-state index in [1.807, 2.05) is 0 Å². The lowest BCUT2D eigenvalue weighted by atomic mass is 10.00. The van der Waals surface area contributed by atoms with Gasteiger partial charge in [-0.25, -0.2) is 13.6 Å². The number of rotatable bonds is 5. The summed E-state index contributed by atoms with van der Waals surface area (Å²) >= 11 is 0. The van der Waals surface area contributed by atoms with Gasteiger partial charge < -0.3 is 9.30 Å². The van der Waals surface area contributed by atoms with E-state index in [-0.39, 0.29) is 34.7 Å². The second kappa shape index (κ2) is 8.82. The molecule has 0 spiro atoms. The fraction of sp³-hybridized carbons (Fsp3) is 0.520. The molecule has 0 amide bonds. The van der Waals surface area contributed by atoms with Crippen LogP contribution >= 0.6 is 0 Å². The lowest BCUT2D eigenvalue weighted by Crippen LogP contribution is -2.22. The van der Waals surface area contributed by atoms with E-state index in [9.17, 15) is 18.4 Å². The maximum absolute atomic E-state index is 14.8. The van der Waals surface area contributed by atoms with E-state index in [2.05, 4.69) is 18.8 Å². The van der Waals surface area contributed by atoms with Crippen LogP contribution < -0.4 is 5.43 Å². The number of aromatic nitrogens is 1. The molecular weight excluding hydrogens is 400 g/mol. The summed E-state index contributed by atoms with van der Waals surface area (Å²) in [5.74, 6) is 4.15. The van der Waals surface area contributed by atoms with E-state index in [1.165, 1.54) is 12.6 Å². The SMILES string of the molecule is CCOC(=O)c1cn(C2CC2)c2c(C#CCC3CC[C@H](CC)C3)c(F)c(F)cc2c1=O. The van der Waals surface area contributed by atoms with Crippen molar-refractivity contribution in [2.45, 2.75) is 64.8 Å². The lowest BCUT2D eigenvalue weighted by Gasteiger charge is -2.15. The highest BCUT2D eigenvalue weighted by atomic mass is 19.2. The molecule has 2 saturated carbocycles. The number of esters is 1. The summed E-state index contributed by atoms with van der Waals surface area (Å²) in [6.07, 6.45) is 8.30. The largest absolute Gasteiger partial charge is 0.462 e. The number of pyridine rings is 1. The third-order valence-electron chi connectivity index (χ3n) is 6.47. The normalized spacial score (nSPS) is 20.5. The lowest BCUT2D eigenvalue weighted by molar-refractivity contribution is 0.0524. The molecule has 1 heterocycles. The molecule has 0 radical (unpaired) electrons. The van der Waals surface area contributed by atoms with Crippen molar-refractivity contribution in [1.82, 2.24) is 4.57 Å². The third-order valence-corrected chi connectivity index (χ3v) is 6.47. The van der Waals surface area contributed by atoms with E-state index < -0.39 is 23.0 Å². The predicted molar refractivity (Wildman–Crippen MR) is 115 cm³/mol. The zero-order valence-corrected chi connectivity index (χ0v) is 18.0. The van der Waals surface area contributed by atoms with Crippen LogP contribution in [-0.4, -0.2) is 17.1 Å². The summed E-state index contributed by atoms with van der Waals surface area (Å²) in [7, 11) is 0. The Morgan fingerprint density at radius 2 is 1.94 bits per heavy atom. The van der Waals surface area contributed by atoms with Crippen LogP contribution in [0.5, 0.6) is 0 Å². The van der Waals surface area contributed by atoms with Crippen molar-refractivity contribution in [1.29, 1.82) is 0 Å². The minimum Gasteiger partial charge on any atom is -0.462 e. The Morgan fingerprint density at radius 1 is 1.19 bits per heavy atom. The standard InChI is InChI=1S/C25H27F2NO3/c1-3-15-8-9-16(12-15)6-5-7-18-22(27)21(26)13-19-23(18)28(17-10-11-17)14-20(24(19)29)25(30)31-4-2/h13-17H,3-4,6,8-12H2,1-2H3/t15-,16?/m0/s1. The fourth-order valence-electron chi connectivity index (χ4n) is 4.59. The molecule has 1 aromatic heterocycles. The topological polar surface area (TPSA) is 48.3 Å². The van der Waals surface area contributed by atoms with Crippen molar-refractivity contribution >= 4 is 16.9 Å². The van der Waals surface area contributed by atoms with Crippen LogP contribution in [-0.2, 0) is 4.74 Å². The molecule has 6 heteroatoms. The quantitative estimate of drug-likeness (QED) is 0.477. The molecule has 4 rings (SSSR count). The first-order valence-corrected chi connectivity index (χ1v) is 11.2. The van der Waals surface area contributed by atoms with E-state index in [0.717, 1.165) is 44.1 Å². The Balaban J connectivity index is 1.81. The van der Waals surface area contributed by atoms with Gasteiger partial charge in [-0.2, -0.15) is 0 Å². The molecule has 2 fully saturated rings. The highest BCUT2D eigenvalue weighted by Crippen LogP contribution is 2.38. The van der Waals surface area contributed by atoms with Crippen molar-refractivity contribution in [3.63, 3.8) is 0 Å². The molecule has 2 atom stereocenters. The maximum atomic E-state index is 14.8. The minimum absolute atomic E-state index is 0.0295. The molecule has 0 bridgehead atoms. The molecule has 164 valence electrons. The van der Waals surface area contributed by atoms with E-state index in [0.29, 0.717) is 12.3 Å². The van der Waals surface area contributed by atoms with Crippen molar-refractivity contribution < 1.29 is 18.3 Å². The van der Waals surface area contributed by atoms with Gasteiger partial charge in [-0.15, -0.1) is 0 Å². The molecule has 31 heavy (non-hydrogen) atoms. The molecule has 4 nitrogen and oxygen atoms in total. The van der Waals surface area contributed by atoms with Gasteiger partial charge in [0, 0.05) is 18.7 Å². The van der Waals surface area contributed by atoms with Crippen molar-refractivity contribution in [2.24, 2.45) is 11.8 Å². The Morgan fingerprint density at radius 3 is 2.58 bits per heavy atom. The van der Waals surface area contributed by atoms with E-state index in [4.69, 9.17) is 4.74 Å². The van der Waals surface area contributed by atoms with Crippen LogP contribution in [0, 0.1) is 35.3 Å². The van der Waals surface area contributed by atoms with Crippen LogP contribution in [0.15, 0.2) is 17.1 Å². The van der Waals surface area contributed by atoms with Gasteiger partial charge in [-0.1, -0.05) is 31.6 Å². The number of hydrogen-bond donors (Lipinski definition) is 0. The third kappa shape index (κ3) is 4.23. The Kier molecular flexibility index (Phi) is 6.13. The summed E-state index contributed by atoms with van der Waals surface area (Å²) in [5.41, 5.74) is -0.652. The Labute approximate surface area is 180 Å². The Bertz CT molecular complexity index is 1140. The number of benzene rings is 1. The average molecular weight is 427 g/mol. The number of carbonyl (C=O) groups is 1. The molecule has 0 saturated heterocycles. The van der Waals surface area contributed by atoms with Gasteiger partial charge in [0.15, 0.2) is 11.6 Å². The minimum atomic E-state index is -1.14.